The number of carbonyl (C=O) groups excluding carboxylic acids is 1. The predicted molar refractivity (Wildman–Crippen MR) is 64.7 cm³/mol. The van der Waals surface area contributed by atoms with Crippen molar-refractivity contribution in [2.45, 2.75) is 47.5 Å². The fourth-order valence-corrected chi connectivity index (χ4v) is 2.54. The highest BCUT2D eigenvalue weighted by molar-refractivity contribution is 5.94. The molecule has 1 aliphatic carbocycles. The molecule has 0 aliphatic heterocycles. The number of allylic oxidation sites excluding steroid dienone is 4. The molecule has 0 saturated heterocycles. The molecule has 15 heavy (non-hydrogen) atoms. The van der Waals surface area contributed by atoms with Crippen molar-refractivity contribution in [3.8, 4) is 0 Å². The standard InChI is InChI=1S/C14H22O/c1-6-7-12(15)13-11(3)10(2)8-9-14(13,4)5/h6-7,13H,8-9H2,1-5H3. The lowest BCUT2D eigenvalue weighted by molar-refractivity contribution is -0.120. The summed E-state index contributed by atoms with van der Waals surface area (Å²) in [5.41, 5.74) is 2.80. The second-order valence-corrected chi connectivity index (χ2v) is 5.29. The molecule has 0 saturated carbocycles. The molecule has 0 heterocycles. The van der Waals surface area contributed by atoms with Gasteiger partial charge in [-0.3, -0.25) is 4.79 Å². The first-order valence-electron chi connectivity index (χ1n) is 5.73. The first kappa shape index (κ1) is 12.2. The van der Waals surface area contributed by atoms with Crippen LogP contribution in [0.25, 0.3) is 0 Å². The normalized spacial score (nSPS) is 26.1. The first-order chi connectivity index (χ1) is 6.90. The van der Waals surface area contributed by atoms with Crippen LogP contribution in [-0.4, -0.2) is 5.78 Å². The van der Waals surface area contributed by atoms with Crippen LogP contribution < -0.4 is 0 Å². The fourth-order valence-electron chi connectivity index (χ4n) is 2.54. The van der Waals surface area contributed by atoms with Gasteiger partial charge in [-0.25, -0.2) is 0 Å². The molecule has 1 atom stereocenters. The van der Waals surface area contributed by atoms with Crippen molar-refractivity contribution in [2.75, 3.05) is 0 Å². The average Bonchev–Trinajstić information content (AvgIpc) is 2.12. The Kier molecular flexibility index (Phi) is 3.54. The van der Waals surface area contributed by atoms with Gasteiger partial charge in [0, 0.05) is 5.92 Å². The van der Waals surface area contributed by atoms with Crippen LogP contribution in [-0.2, 0) is 4.79 Å². The van der Waals surface area contributed by atoms with Crippen LogP contribution in [0, 0.1) is 11.3 Å². The van der Waals surface area contributed by atoms with Gasteiger partial charge >= 0.3 is 0 Å². The van der Waals surface area contributed by atoms with E-state index in [9.17, 15) is 4.79 Å². The SMILES string of the molecule is CC=CC(=O)C1C(C)=C(C)CCC1(C)C. The lowest BCUT2D eigenvalue weighted by Crippen LogP contribution is -2.34. The van der Waals surface area contributed by atoms with Gasteiger partial charge in [-0.05, 0) is 45.1 Å². The van der Waals surface area contributed by atoms with E-state index < -0.39 is 0 Å². The Hall–Kier alpha value is -0.850. The number of carbonyl (C=O) groups is 1. The fraction of sp³-hybridized carbons (Fsp3) is 0.643. The maximum atomic E-state index is 12.0. The quantitative estimate of drug-likeness (QED) is 0.494. The minimum absolute atomic E-state index is 0.0856. The zero-order valence-electron chi connectivity index (χ0n) is 10.6. The Balaban J connectivity index is 3.09. The molecule has 0 bridgehead atoms. The van der Waals surface area contributed by atoms with Crippen molar-refractivity contribution in [3.63, 3.8) is 0 Å². The average molecular weight is 206 g/mol. The molecule has 1 rings (SSSR count). The van der Waals surface area contributed by atoms with Crippen LogP contribution in [0.15, 0.2) is 23.3 Å². The predicted octanol–water partition coefficient (Wildman–Crippen LogP) is 3.90. The van der Waals surface area contributed by atoms with Crippen LogP contribution >= 0.6 is 0 Å². The van der Waals surface area contributed by atoms with E-state index in [-0.39, 0.29) is 17.1 Å². The second kappa shape index (κ2) is 4.34. The Labute approximate surface area is 93.3 Å². The summed E-state index contributed by atoms with van der Waals surface area (Å²) in [6, 6.07) is 0. The third-order valence-corrected chi connectivity index (χ3v) is 3.65. The van der Waals surface area contributed by atoms with E-state index in [1.165, 1.54) is 11.1 Å². The summed E-state index contributed by atoms with van der Waals surface area (Å²) in [4.78, 5) is 12.0. The lowest BCUT2D eigenvalue weighted by Gasteiger charge is -2.38. The summed E-state index contributed by atoms with van der Waals surface area (Å²) < 4.78 is 0. The van der Waals surface area contributed by atoms with Crippen molar-refractivity contribution in [2.24, 2.45) is 11.3 Å². The maximum absolute atomic E-state index is 12.0. The van der Waals surface area contributed by atoms with Crippen molar-refractivity contribution in [3.05, 3.63) is 23.3 Å². The van der Waals surface area contributed by atoms with E-state index in [4.69, 9.17) is 0 Å². The first-order valence-corrected chi connectivity index (χ1v) is 5.73. The Morgan fingerprint density at radius 2 is 2.00 bits per heavy atom. The van der Waals surface area contributed by atoms with Crippen molar-refractivity contribution in [1.82, 2.24) is 0 Å². The van der Waals surface area contributed by atoms with E-state index in [0.29, 0.717) is 0 Å². The van der Waals surface area contributed by atoms with E-state index in [1.807, 2.05) is 13.0 Å². The van der Waals surface area contributed by atoms with Gasteiger partial charge in [0.05, 0.1) is 0 Å². The molecule has 0 aromatic carbocycles. The molecule has 0 fully saturated rings. The molecular weight excluding hydrogens is 184 g/mol. The van der Waals surface area contributed by atoms with Crippen LogP contribution in [0.5, 0.6) is 0 Å². The molecule has 0 spiro atoms. The van der Waals surface area contributed by atoms with Gasteiger partial charge in [0.1, 0.15) is 0 Å². The molecule has 84 valence electrons. The minimum atomic E-state index is 0.0856. The molecular formula is C14H22O. The Morgan fingerprint density at radius 1 is 1.40 bits per heavy atom. The molecule has 1 heteroatoms. The summed E-state index contributed by atoms with van der Waals surface area (Å²) >= 11 is 0. The third-order valence-electron chi connectivity index (χ3n) is 3.65. The molecule has 0 amide bonds. The van der Waals surface area contributed by atoms with Crippen LogP contribution in [0.3, 0.4) is 0 Å². The van der Waals surface area contributed by atoms with E-state index in [0.717, 1.165) is 12.8 Å². The molecule has 0 aromatic rings. The molecule has 0 N–H and O–H groups in total. The van der Waals surface area contributed by atoms with Crippen molar-refractivity contribution >= 4 is 5.78 Å². The van der Waals surface area contributed by atoms with Gasteiger partial charge in [-0.1, -0.05) is 31.1 Å². The summed E-state index contributed by atoms with van der Waals surface area (Å²) in [6.07, 6.45) is 5.81. The van der Waals surface area contributed by atoms with Crippen LogP contribution in [0.4, 0.5) is 0 Å². The topological polar surface area (TPSA) is 17.1 Å². The second-order valence-electron chi connectivity index (χ2n) is 5.29. The van der Waals surface area contributed by atoms with E-state index in [1.54, 1.807) is 6.08 Å². The highest BCUT2D eigenvalue weighted by Crippen LogP contribution is 2.44. The van der Waals surface area contributed by atoms with Crippen LogP contribution in [0.1, 0.15) is 47.5 Å². The van der Waals surface area contributed by atoms with Gasteiger partial charge in [-0.2, -0.15) is 0 Å². The summed E-state index contributed by atoms with van der Waals surface area (Å²) in [5.74, 6) is 0.349. The molecule has 1 unspecified atom stereocenters. The smallest absolute Gasteiger partial charge is 0.162 e. The Bertz CT molecular complexity index is 318. The number of hydrogen-bond donors (Lipinski definition) is 0. The number of hydrogen-bond acceptors (Lipinski definition) is 1. The largest absolute Gasteiger partial charge is 0.294 e. The van der Waals surface area contributed by atoms with Gasteiger partial charge in [0.25, 0.3) is 0 Å². The maximum Gasteiger partial charge on any atom is 0.162 e. The third kappa shape index (κ3) is 2.39. The van der Waals surface area contributed by atoms with E-state index >= 15 is 0 Å². The zero-order valence-corrected chi connectivity index (χ0v) is 10.6. The summed E-state index contributed by atoms with van der Waals surface area (Å²) in [7, 11) is 0. The molecule has 0 radical (unpaired) electrons. The highest BCUT2D eigenvalue weighted by atomic mass is 16.1. The van der Waals surface area contributed by atoms with Gasteiger partial charge in [0.15, 0.2) is 5.78 Å². The van der Waals surface area contributed by atoms with Gasteiger partial charge in [0.2, 0.25) is 0 Å². The van der Waals surface area contributed by atoms with E-state index in [2.05, 4.69) is 27.7 Å². The minimum Gasteiger partial charge on any atom is -0.294 e. The monoisotopic (exact) mass is 206 g/mol. The number of rotatable bonds is 2. The number of ketones is 1. The van der Waals surface area contributed by atoms with Gasteiger partial charge in [-0.15, -0.1) is 0 Å². The lowest BCUT2D eigenvalue weighted by atomic mass is 9.65. The van der Waals surface area contributed by atoms with Gasteiger partial charge < -0.3 is 0 Å². The molecule has 0 aromatic heterocycles. The summed E-state index contributed by atoms with van der Waals surface area (Å²) in [5, 5.41) is 0. The molecule has 1 nitrogen and oxygen atoms in total. The molecule has 1 aliphatic rings. The Morgan fingerprint density at radius 3 is 2.53 bits per heavy atom. The van der Waals surface area contributed by atoms with Crippen molar-refractivity contribution in [1.29, 1.82) is 0 Å². The van der Waals surface area contributed by atoms with Crippen LogP contribution in [0.2, 0.25) is 0 Å². The zero-order chi connectivity index (χ0) is 11.6. The highest BCUT2D eigenvalue weighted by Gasteiger charge is 2.38. The van der Waals surface area contributed by atoms with Crippen molar-refractivity contribution < 1.29 is 4.79 Å². The summed E-state index contributed by atoms with van der Waals surface area (Å²) in [6.45, 7) is 10.6.